The van der Waals surface area contributed by atoms with Gasteiger partial charge in [0.2, 0.25) is 5.91 Å². The van der Waals surface area contributed by atoms with Crippen molar-refractivity contribution in [3.63, 3.8) is 0 Å². The van der Waals surface area contributed by atoms with Gasteiger partial charge in [-0.3, -0.25) is 9.59 Å². The highest BCUT2D eigenvalue weighted by molar-refractivity contribution is 6.04. The van der Waals surface area contributed by atoms with Crippen LogP contribution < -0.4 is 5.73 Å². The van der Waals surface area contributed by atoms with Crippen molar-refractivity contribution < 1.29 is 9.59 Å². The maximum Gasteiger partial charge on any atom is 0.231 e. The zero-order valence-electron chi connectivity index (χ0n) is 10.6. The molecule has 3 nitrogen and oxygen atoms in total. The van der Waals surface area contributed by atoms with Crippen molar-refractivity contribution in [1.29, 1.82) is 0 Å². The highest BCUT2D eigenvalue weighted by Gasteiger charge is 2.42. The molecule has 0 bridgehead atoms. The maximum atomic E-state index is 11.6. The molecule has 16 heavy (non-hydrogen) atoms. The highest BCUT2D eigenvalue weighted by Crippen LogP contribution is 2.33. The van der Waals surface area contributed by atoms with E-state index in [0.29, 0.717) is 0 Å². The van der Waals surface area contributed by atoms with Crippen LogP contribution in [0.25, 0.3) is 0 Å². The van der Waals surface area contributed by atoms with Gasteiger partial charge >= 0.3 is 0 Å². The molecule has 0 radical (unpaired) electrons. The Morgan fingerprint density at radius 2 is 2.00 bits per heavy atom. The Hall–Kier alpha value is -1.12. The predicted octanol–water partition coefficient (Wildman–Crippen LogP) is 2.45. The lowest BCUT2D eigenvalue weighted by Gasteiger charge is -2.30. The van der Waals surface area contributed by atoms with Crippen LogP contribution >= 0.6 is 0 Å². The van der Waals surface area contributed by atoms with Gasteiger partial charge in [-0.1, -0.05) is 32.3 Å². The Morgan fingerprint density at radius 1 is 1.44 bits per heavy atom. The van der Waals surface area contributed by atoms with E-state index in [4.69, 9.17) is 5.73 Å². The molecule has 0 heterocycles. The molecule has 92 valence electrons. The molecule has 0 spiro atoms. The number of ketones is 1. The molecule has 0 saturated carbocycles. The van der Waals surface area contributed by atoms with Crippen molar-refractivity contribution >= 4 is 11.7 Å². The monoisotopic (exact) mass is 225 g/mol. The van der Waals surface area contributed by atoms with Crippen LogP contribution in [0, 0.1) is 11.3 Å². The minimum Gasteiger partial charge on any atom is -0.369 e. The minimum atomic E-state index is -1.10. The molecule has 0 rings (SSSR count). The molecule has 0 aromatic carbocycles. The van der Waals surface area contributed by atoms with Crippen molar-refractivity contribution in [2.75, 3.05) is 0 Å². The fourth-order valence-electron chi connectivity index (χ4n) is 1.87. The zero-order valence-corrected chi connectivity index (χ0v) is 10.6. The van der Waals surface area contributed by atoms with Crippen LogP contribution in [-0.4, -0.2) is 11.7 Å². The molecule has 1 amide bonds. The number of hydrogen-bond donors (Lipinski definition) is 1. The number of Topliss-reactive ketones (excluding diaryl/α,β-unsaturated/α-hetero) is 1. The van der Waals surface area contributed by atoms with Gasteiger partial charge in [0.15, 0.2) is 0 Å². The van der Waals surface area contributed by atoms with Crippen molar-refractivity contribution in [2.24, 2.45) is 17.1 Å². The summed E-state index contributed by atoms with van der Waals surface area (Å²) in [5.41, 5.74) is 4.24. The normalized spacial score (nSPS) is 16.2. The summed E-state index contributed by atoms with van der Waals surface area (Å²) in [6.45, 7) is 8.86. The Kier molecular flexibility index (Phi) is 6.01. The summed E-state index contributed by atoms with van der Waals surface area (Å²) in [5.74, 6) is -0.892. The van der Waals surface area contributed by atoms with Gasteiger partial charge in [-0.2, -0.15) is 0 Å². The fourth-order valence-corrected chi connectivity index (χ4v) is 1.87. The molecule has 0 aliphatic carbocycles. The first-order valence-electron chi connectivity index (χ1n) is 5.84. The molecular formula is C13H23NO2. The van der Waals surface area contributed by atoms with Crippen LogP contribution in [0.15, 0.2) is 12.7 Å². The minimum absolute atomic E-state index is 0.158. The fraction of sp³-hybridized carbons (Fsp3) is 0.692. The smallest absolute Gasteiger partial charge is 0.231 e. The first-order chi connectivity index (χ1) is 7.41. The summed E-state index contributed by atoms with van der Waals surface area (Å²) in [4.78, 5) is 23.0. The first kappa shape index (κ1) is 14.9. The quantitative estimate of drug-likeness (QED) is 0.392. The van der Waals surface area contributed by atoms with Gasteiger partial charge in [-0.05, 0) is 26.2 Å². The van der Waals surface area contributed by atoms with E-state index >= 15 is 0 Å². The number of carbonyl (C=O) groups excluding carboxylic acids is 2. The van der Waals surface area contributed by atoms with Gasteiger partial charge in [0.05, 0.1) is 0 Å². The predicted molar refractivity (Wildman–Crippen MR) is 65.8 cm³/mol. The third kappa shape index (κ3) is 3.19. The van der Waals surface area contributed by atoms with Crippen LogP contribution in [0.3, 0.4) is 0 Å². The topological polar surface area (TPSA) is 60.2 Å². The lowest BCUT2D eigenvalue weighted by atomic mass is 9.71. The van der Waals surface area contributed by atoms with Gasteiger partial charge in [0.25, 0.3) is 0 Å². The average Bonchev–Trinajstić information content (AvgIpc) is 2.23. The van der Waals surface area contributed by atoms with Crippen LogP contribution in [-0.2, 0) is 9.59 Å². The number of primary amides is 1. The number of nitrogens with two attached hydrogens (primary N) is 1. The number of unbranched alkanes of at least 4 members (excludes halogenated alkanes) is 2. The van der Waals surface area contributed by atoms with Gasteiger partial charge in [0, 0.05) is 0 Å². The molecule has 0 aliphatic rings. The first-order valence-corrected chi connectivity index (χ1v) is 5.84. The number of allylic oxidation sites excluding steroid dienone is 1. The summed E-state index contributed by atoms with van der Waals surface area (Å²) >= 11 is 0. The second-order valence-corrected chi connectivity index (χ2v) is 4.46. The summed E-state index contributed by atoms with van der Waals surface area (Å²) in [7, 11) is 0. The van der Waals surface area contributed by atoms with Crippen LogP contribution in [0.5, 0.6) is 0 Å². The SMILES string of the molecule is C=CC(CCCCC)C(C)(C(C)=O)C(N)=O. The molecule has 0 aliphatic heterocycles. The molecule has 0 aromatic heterocycles. The Balaban J connectivity index is 4.80. The number of amides is 1. The zero-order chi connectivity index (χ0) is 12.8. The third-order valence-electron chi connectivity index (χ3n) is 3.39. The lowest BCUT2D eigenvalue weighted by Crippen LogP contribution is -2.45. The van der Waals surface area contributed by atoms with Gasteiger partial charge in [0.1, 0.15) is 11.2 Å². The van der Waals surface area contributed by atoms with Gasteiger partial charge in [-0.15, -0.1) is 6.58 Å². The Labute approximate surface area is 98.1 Å². The largest absolute Gasteiger partial charge is 0.369 e. The van der Waals surface area contributed by atoms with Crippen molar-refractivity contribution in [3.8, 4) is 0 Å². The Morgan fingerprint density at radius 3 is 2.31 bits per heavy atom. The summed E-state index contributed by atoms with van der Waals surface area (Å²) in [5, 5.41) is 0. The number of carbonyl (C=O) groups is 2. The highest BCUT2D eigenvalue weighted by atomic mass is 16.2. The third-order valence-corrected chi connectivity index (χ3v) is 3.39. The molecule has 0 aromatic rings. The lowest BCUT2D eigenvalue weighted by molar-refractivity contribution is -0.140. The van der Waals surface area contributed by atoms with E-state index in [9.17, 15) is 9.59 Å². The van der Waals surface area contributed by atoms with E-state index in [2.05, 4.69) is 13.5 Å². The molecular weight excluding hydrogens is 202 g/mol. The number of hydrogen-bond acceptors (Lipinski definition) is 2. The van der Waals surface area contributed by atoms with Crippen LogP contribution in [0.2, 0.25) is 0 Å². The summed E-state index contributed by atoms with van der Waals surface area (Å²) in [6, 6.07) is 0. The second kappa shape index (κ2) is 6.46. The Bertz CT molecular complexity index is 257. The molecule has 2 unspecified atom stereocenters. The summed E-state index contributed by atoms with van der Waals surface area (Å²) < 4.78 is 0. The second-order valence-electron chi connectivity index (χ2n) is 4.46. The molecule has 2 atom stereocenters. The van der Waals surface area contributed by atoms with E-state index in [0.717, 1.165) is 25.7 Å². The van der Waals surface area contributed by atoms with Crippen molar-refractivity contribution in [1.82, 2.24) is 0 Å². The molecule has 2 N–H and O–H groups in total. The molecule has 0 saturated heterocycles. The number of rotatable bonds is 8. The van der Waals surface area contributed by atoms with E-state index in [1.165, 1.54) is 6.92 Å². The van der Waals surface area contributed by atoms with Gasteiger partial charge in [-0.25, -0.2) is 0 Å². The van der Waals surface area contributed by atoms with Gasteiger partial charge < -0.3 is 5.73 Å². The van der Waals surface area contributed by atoms with Crippen LogP contribution in [0.1, 0.15) is 46.5 Å². The maximum absolute atomic E-state index is 11.6. The van der Waals surface area contributed by atoms with E-state index in [-0.39, 0.29) is 11.7 Å². The van der Waals surface area contributed by atoms with E-state index in [1.54, 1.807) is 13.0 Å². The van der Waals surface area contributed by atoms with E-state index in [1.807, 2.05) is 0 Å². The van der Waals surface area contributed by atoms with Crippen molar-refractivity contribution in [3.05, 3.63) is 12.7 Å². The summed E-state index contributed by atoms with van der Waals surface area (Å²) in [6.07, 6.45) is 5.66. The van der Waals surface area contributed by atoms with Crippen LogP contribution in [0.4, 0.5) is 0 Å². The molecule has 0 fully saturated rings. The average molecular weight is 225 g/mol. The van der Waals surface area contributed by atoms with Crippen molar-refractivity contribution in [2.45, 2.75) is 46.5 Å². The van der Waals surface area contributed by atoms with E-state index < -0.39 is 11.3 Å². The standard InChI is InChI=1S/C13H23NO2/c1-5-7-8-9-11(6-2)13(4,10(3)15)12(14)16/h6,11H,2,5,7-9H2,1,3-4H3,(H2,14,16). The molecule has 3 heteroatoms.